The zero-order valence-electron chi connectivity index (χ0n) is 17.0. The van der Waals surface area contributed by atoms with Crippen LogP contribution in [-0.2, 0) is 9.47 Å². The van der Waals surface area contributed by atoms with E-state index in [1.54, 1.807) is 0 Å². The third kappa shape index (κ3) is 5.87. The normalized spacial score (nSPS) is 31.8. The predicted molar refractivity (Wildman–Crippen MR) is 113 cm³/mol. The van der Waals surface area contributed by atoms with Gasteiger partial charge < -0.3 is 14.2 Å². The first-order valence-electron chi connectivity index (χ1n) is 11.4. The number of hydrogen-bond acceptors (Lipinski definition) is 3. The molecule has 0 atom stereocenters. The fourth-order valence-electron chi connectivity index (χ4n) is 5.47. The molecule has 0 aromatic heterocycles. The molecule has 0 unspecified atom stereocenters. The number of hydrogen-bond donors (Lipinski definition) is 0. The molecule has 156 valence electrons. The third-order valence-corrected chi connectivity index (χ3v) is 7.50. The van der Waals surface area contributed by atoms with Crippen LogP contribution in [0.4, 0.5) is 0 Å². The summed E-state index contributed by atoms with van der Waals surface area (Å²) in [5, 5.41) is 0.766. The molecule has 1 saturated heterocycles. The molecular formula is C24H35ClO3. The maximum Gasteiger partial charge on any atom is 0.157 e. The van der Waals surface area contributed by atoms with Crippen LogP contribution >= 0.6 is 11.6 Å². The van der Waals surface area contributed by atoms with Crippen LogP contribution in [0.5, 0.6) is 5.75 Å². The zero-order chi connectivity index (χ0) is 19.2. The molecule has 4 rings (SSSR count). The maximum absolute atomic E-state index is 5.99. The first-order valence-corrected chi connectivity index (χ1v) is 11.8. The van der Waals surface area contributed by atoms with Crippen LogP contribution in [-0.4, -0.2) is 26.1 Å². The number of halogens is 1. The van der Waals surface area contributed by atoms with Crippen molar-refractivity contribution < 1.29 is 14.2 Å². The summed E-state index contributed by atoms with van der Waals surface area (Å²) in [6, 6.07) is 7.74. The lowest BCUT2D eigenvalue weighted by atomic mass is 9.69. The summed E-state index contributed by atoms with van der Waals surface area (Å²) < 4.78 is 17.2. The average molecular weight is 407 g/mol. The molecule has 3 nitrogen and oxygen atoms in total. The molecule has 1 aromatic rings. The Morgan fingerprint density at radius 3 is 1.93 bits per heavy atom. The molecule has 3 fully saturated rings. The largest absolute Gasteiger partial charge is 0.493 e. The van der Waals surface area contributed by atoms with Gasteiger partial charge in [0.25, 0.3) is 0 Å². The van der Waals surface area contributed by atoms with E-state index >= 15 is 0 Å². The van der Waals surface area contributed by atoms with Crippen LogP contribution < -0.4 is 4.74 Å². The van der Waals surface area contributed by atoms with Crippen LogP contribution in [0.1, 0.15) is 64.2 Å². The fraction of sp³-hybridized carbons (Fsp3) is 0.750. The average Bonchev–Trinajstić information content (AvgIpc) is 3.26. The van der Waals surface area contributed by atoms with Crippen LogP contribution in [0.25, 0.3) is 0 Å². The van der Waals surface area contributed by atoms with E-state index in [-0.39, 0.29) is 6.29 Å². The quantitative estimate of drug-likeness (QED) is 0.518. The Labute approximate surface area is 175 Å². The molecule has 2 saturated carbocycles. The van der Waals surface area contributed by atoms with E-state index in [4.69, 9.17) is 25.8 Å². The standard InChI is InChI=1S/C24H35ClO3/c25-22-10-12-23(13-11-22)28-17-19-3-8-21(9-4-19)20-6-1-18(2-7-20)5-14-24-26-15-16-27-24/h10-13,18-21,24H,1-9,14-17H2/t18-,19-,20-,21-. The second-order valence-corrected chi connectivity index (χ2v) is 9.51. The van der Waals surface area contributed by atoms with E-state index in [1.807, 2.05) is 24.3 Å². The van der Waals surface area contributed by atoms with Gasteiger partial charge in [-0.1, -0.05) is 24.4 Å². The minimum atomic E-state index is 0.0862. The Kier molecular flexibility index (Phi) is 7.55. The van der Waals surface area contributed by atoms with Crippen molar-refractivity contribution in [2.45, 2.75) is 70.5 Å². The van der Waals surface area contributed by atoms with Crippen molar-refractivity contribution >= 4 is 11.6 Å². The summed E-state index contributed by atoms with van der Waals surface area (Å²) in [6.07, 6.45) is 13.6. The van der Waals surface area contributed by atoms with Crippen molar-refractivity contribution in [1.82, 2.24) is 0 Å². The first kappa shape index (κ1) is 20.5. The van der Waals surface area contributed by atoms with Crippen LogP contribution in [0.2, 0.25) is 5.02 Å². The van der Waals surface area contributed by atoms with E-state index < -0.39 is 0 Å². The highest BCUT2D eigenvalue weighted by atomic mass is 35.5. The Morgan fingerprint density at radius 2 is 1.32 bits per heavy atom. The molecule has 28 heavy (non-hydrogen) atoms. The molecule has 2 aliphatic carbocycles. The van der Waals surface area contributed by atoms with Gasteiger partial charge in [0.15, 0.2) is 6.29 Å². The summed E-state index contributed by atoms with van der Waals surface area (Å²) >= 11 is 5.94. The summed E-state index contributed by atoms with van der Waals surface area (Å²) in [7, 11) is 0. The van der Waals surface area contributed by atoms with Crippen LogP contribution in [0, 0.1) is 23.7 Å². The number of ether oxygens (including phenoxy) is 3. The number of benzene rings is 1. The fourth-order valence-corrected chi connectivity index (χ4v) is 5.59. The molecule has 0 spiro atoms. The van der Waals surface area contributed by atoms with Crippen molar-refractivity contribution in [3.05, 3.63) is 29.3 Å². The van der Waals surface area contributed by atoms with Crippen molar-refractivity contribution in [3.63, 3.8) is 0 Å². The minimum absolute atomic E-state index is 0.0862. The molecular weight excluding hydrogens is 372 g/mol. The van der Waals surface area contributed by atoms with Gasteiger partial charge in [-0.3, -0.25) is 0 Å². The molecule has 1 aliphatic heterocycles. The van der Waals surface area contributed by atoms with Gasteiger partial charge in [0, 0.05) is 5.02 Å². The van der Waals surface area contributed by atoms with Gasteiger partial charge in [-0.05, 0) is 99.3 Å². The topological polar surface area (TPSA) is 27.7 Å². The third-order valence-electron chi connectivity index (χ3n) is 7.25. The van der Waals surface area contributed by atoms with E-state index in [1.165, 1.54) is 57.8 Å². The van der Waals surface area contributed by atoms with E-state index in [2.05, 4.69) is 0 Å². The van der Waals surface area contributed by atoms with Gasteiger partial charge in [0.2, 0.25) is 0 Å². The van der Waals surface area contributed by atoms with Gasteiger partial charge in [-0.2, -0.15) is 0 Å². The second kappa shape index (κ2) is 10.3. The summed E-state index contributed by atoms with van der Waals surface area (Å²) in [5.74, 6) is 4.48. The summed E-state index contributed by atoms with van der Waals surface area (Å²) in [6.45, 7) is 2.42. The number of rotatable bonds is 7. The van der Waals surface area contributed by atoms with Gasteiger partial charge in [-0.25, -0.2) is 0 Å². The van der Waals surface area contributed by atoms with Crippen molar-refractivity contribution in [3.8, 4) is 5.75 Å². The molecule has 1 aromatic carbocycles. The highest BCUT2D eigenvalue weighted by Crippen LogP contribution is 2.42. The monoisotopic (exact) mass is 406 g/mol. The molecule has 0 radical (unpaired) electrons. The van der Waals surface area contributed by atoms with Crippen molar-refractivity contribution in [2.75, 3.05) is 19.8 Å². The Balaban J connectivity index is 1.11. The SMILES string of the molecule is Clc1ccc(OC[C@H]2CC[C@H]([C@H]3CC[C@H](CCC4OCCO4)CC3)CC2)cc1. The molecule has 0 amide bonds. The summed E-state index contributed by atoms with van der Waals surface area (Å²) in [4.78, 5) is 0. The lowest BCUT2D eigenvalue weighted by Gasteiger charge is -2.38. The van der Waals surface area contributed by atoms with Gasteiger partial charge >= 0.3 is 0 Å². The van der Waals surface area contributed by atoms with E-state index in [0.717, 1.165) is 60.7 Å². The van der Waals surface area contributed by atoms with Crippen LogP contribution in [0.3, 0.4) is 0 Å². The van der Waals surface area contributed by atoms with Gasteiger partial charge in [-0.15, -0.1) is 0 Å². The second-order valence-electron chi connectivity index (χ2n) is 9.08. The van der Waals surface area contributed by atoms with Crippen molar-refractivity contribution in [1.29, 1.82) is 0 Å². The van der Waals surface area contributed by atoms with Crippen LogP contribution in [0.15, 0.2) is 24.3 Å². The van der Waals surface area contributed by atoms with Crippen molar-refractivity contribution in [2.24, 2.45) is 23.7 Å². The van der Waals surface area contributed by atoms with E-state index in [9.17, 15) is 0 Å². The molecule has 1 heterocycles. The molecule has 4 heteroatoms. The smallest absolute Gasteiger partial charge is 0.157 e. The Bertz CT molecular complexity index is 568. The Morgan fingerprint density at radius 1 is 0.750 bits per heavy atom. The highest BCUT2D eigenvalue weighted by molar-refractivity contribution is 6.30. The summed E-state index contributed by atoms with van der Waals surface area (Å²) in [5.41, 5.74) is 0. The maximum atomic E-state index is 5.99. The molecule has 0 bridgehead atoms. The van der Waals surface area contributed by atoms with E-state index in [0.29, 0.717) is 0 Å². The van der Waals surface area contributed by atoms with Gasteiger partial charge in [0.1, 0.15) is 5.75 Å². The Hall–Kier alpha value is -0.770. The molecule has 3 aliphatic rings. The zero-order valence-corrected chi connectivity index (χ0v) is 17.7. The predicted octanol–water partition coefficient (Wildman–Crippen LogP) is 6.48. The minimum Gasteiger partial charge on any atom is -0.493 e. The lowest BCUT2D eigenvalue weighted by Crippen LogP contribution is -2.27. The molecule has 0 N–H and O–H groups in total. The highest BCUT2D eigenvalue weighted by Gasteiger charge is 2.31. The lowest BCUT2D eigenvalue weighted by molar-refractivity contribution is -0.0514. The van der Waals surface area contributed by atoms with Gasteiger partial charge in [0.05, 0.1) is 19.8 Å². The first-order chi connectivity index (χ1) is 13.8.